The minimum Gasteiger partial charge on any atom is -0.465 e. The SMILES string of the molecule is CC.COC(=O)c1ccc2ncc(C)cc2c1. The molecule has 0 aliphatic heterocycles. The normalized spacial score (nSPS) is 9.41. The van der Waals surface area contributed by atoms with Crippen molar-refractivity contribution in [3.63, 3.8) is 0 Å². The molecule has 0 atom stereocenters. The van der Waals surface area contributed by atoms with Crippen LogP contribution < -0.4 is 0 Å². The Kier molecular flexibility index (Phi) is 4.64. The summed E-state index contributed by atoms with van der Waals surface area (Å²) in [5.41, 5.74) is 2.51. The molecule has 0 aliphatic carbocycles. The van der Waals surface area contributed by atoms with E-state index in [1.165, 1.54) is 7.11 Å². The number of hydrogen-bond acceptors (Lipinski definition) is 3. The number of methoxy groups -OCH3 is 1. The third-order valence-electron chi connectivity index (χ3n) is 2.24. The number of rotatable bonds is 1. The van der Waals surface area contributed by atoms with Gasteiger partial charge < -0.3 is 4.74 Å². The van der Waals surface area contributed by atoms with Crippen LogP contribution in [0.15, 0.2) is 30.5 Å². The van der Waals surface area contributed by atoms with Crippen LogP contribution >= 0.6 is 0 Å². The number of aromatic nitrogens is 1. The summed E-state index contributed by atoms with van der Waals surface area (Å²) in [4.78, 5) is 15.6. The Morgan fingerprint density at radius 3 is 2.59 bits per heavy atom. The molecular weight excluding hydrogens is 214 g/mol. The van der Waals surface area contributed by atoms with Gasteiger partial charge in [-0.05, 0) is 36.8 Å². The van der Waals surface area contributed by atoms with Crippen molar-refractivity contribution in [2.24, 2.45) is 0 Å². The molecule has 0 saturated carbocycles. The van der Waals surface area contributed by atoms with Crippen LogP contribution in [0.3, 0.4) is 0 Å². The highest BCUT2D eigenvalue weighted by Gasteiger charge is 2.05. The molecule has 2 rings (SSSR count). The highest BCUT2D eigenvalue weighted by Crippen LogP contribution is 2.15. The van der Waals surface area contributed by atoms with Gasteiger partial charge in [-0.2, -0.15) is 0 Å². The van der Waals surface area contributed by atoms with Gasteiger partial charge in [0.1, 0.15) is 0 Å². The van der Waals surface area contributed by atoms with Crippen LogP contribution in [0.4, 0.5) is 0 Å². The predicted octanol–water partition coefficient (Wildman–Crippen LogP) is 3.36. The summed E-state index contributed by atoms with van der Waals surface area (Å²) in [6.07, 6.45) is 1.81. The van der Waals surface area contributed by atoms with Crippen LogP contribution in [0, 0.1) is 6.92 Å². The zero-order valence-electron chi connectivity index (χ0n) is 10.7. The van der Waals surface area contributed by atoms with Crippen LogP contribution in [-0.4, -0.2) is 18.1 Å². The molecule has 0 unspecified atom stereocenters. The van der Waals surface area contributed by atoms with Crippen LogP contribution in [-0.2, 0) is 4.74 Å². The number of ether oxygens (including phenoxy) is 1. The molecule has 3 nitrogen and oxygen atoms in total. The Balaban J connectivity index is 0.000000686. The summed E-state index contributed by atoms with van der Waals surface area (Å²) < 4.78 is 4.66. The molecule has 0 aliphatic rings. The van der Waals surface area contributed by atoms with Gasteiger partial charge in [0.25, 0.3) is 0 Å². The molecule has 0 amide bonds. The van der Waals surface area contributed by atoms with E-state index in [-0.39, 0.29) is 5.97 Å². The minimum atomic E-state index is -0.321. The van der Waals surface area contributed by atoms with Gasteiger partial charge in [-0.25, -0.2) is 4.79 Å². The third kappa shape index (κ3) is 3.03. The first-order valence-electron chi connectivity index (χ1n) is 5.65. The molecule has 2 aromatic rings. The number of pyridine rings is 1. The third-order valence-corrected chi connectivity index (χ3v) is 2.24. The van der Waals surface area contributed by atoms with Gasteiger partial charge in [-0.1, -0.05) is 13.8 Å². The number of fused-ring (bicyclic) bond motifs is 1. The Morgan fingerprint density at radius 1 is 1.24 bits per heavy atom. The fourth-order valence-electron chi connectivity index (χ4n) is 1.49. The molecule has 90 valence electrons. The fourth-order valence-corrected chi connectivity index (χ4v) is 1.49. The lowest BCUT2D eigenvalue weighted by molar-refractivity contribution is 0.0601. The van der Waals surface area contributed by atoms with E-state index >= 15 is 0 Å². The Bertz CT molecular complexity index is 521. The molecule has 0 radical (unpaired) electrons. The molecular formula is C14H17NO2. The van der Waals surface area contributed by atoms with Gasteiger partial charge >= 0.3 is 5.97 Å². The van der Waals surface area contributed by atoms with Crippen LogP contribution in [0.1, 0.15) is 29.8 Å². The predicted molar refractivity (Wildman–Crippen MR) is 69.2 cm³/mol. The van der Waals surface area contributed by atoms with Crippen molar-refractivity contribution in [3.05, 3.63) is 41.6 Å². The van der Waals surface area contributed by atoms with Gasteiger partial charge in [0.15, 0.2) is 0 Å². The van der Waals surface area contributed by atoms with Crippen LogP contribution in [0.25, 0.3) is 10.9 Å². The number of carbonyl (C=O) groups is 1. The largest absolute Gasteiger partial charge is 0.465 e. The molecule has 0 bridgehead atoms. The molecule has 0 spiro atoms. The number of esters is 1. The molecule has 17 heavy (non-hydrogen) atoms. The summed E-state index contributed by atoms with van der Waals surface area (Å²) in [6.45, 7) is 5.97. The topological polar surface area (TPSA) is 39.2 Å². The maximum Gasteiger partial charge on any atom is 0.337 e. The van der Waals surface area contributed by atoms with Crippen molar-refractivity contribution in [3.8, 4) is 0 Å². The number of benzene rings is 1. The number of nitrogens with zero attached hydrogens (tertiary/aromatic N) is 1. The Labute approximate surface area is 101 Å². The summed E-state index contributed by atoms with van der Waals surface area (Å²) in [6, 6.07) is 7.33. The second-order valence-electron chi connectivity index (χ2n) is 3.41. The molecule has 0 N–H and O–H groups in total. The standard InChI is InChI=1S/C12H11NO2.C2H6/c1-8-5-10-6-9(12(14)15-2)3-4-11(10)13-7-8;1-2/h3-7H,1-2H3;1-2H3. The summed E-state index contributed by atoms with van der Waals surface area (Å²) >= 11 is 0. The van der Waals surface area contributed by atoms with Crippen LogP contribution in [0.2, 0.25) is 0 Å². The maximum atomic E-state index is 11.3. The summed E-state index contributed by atoms with van der Waals surface area (Å²) in [5, 5.41) is 0.956. The van der Waals surface area contributed by atoms with E-state index < -0.39 is 0 Å². The average Bonchev–Trinajstić information content (AvgIpc) is 2.39. The van der Waals surface area contributed by atoms with E-state index in [9.17, 15) is 4.79 Å². The van der Waals surface area contributed by atoms with E-state index in [0.717, 1.165) is 16.5 Å². The molecule has 1 heterocycles. The summed E-state index contributed by atoms with van der Waals surface area (Å²) in [7, 11) is 1.38. The van der Waals surface area contributed by atoms with E-state index in [2.05, 4.69) is 9.72 Å². The van der Waals surface area contributed by atoms with Crippen LogP contribution in [0.5, 0.6) is 0 Å². The van der Waals surface area contributed by atoms with E-state index in [0.29, 0.717) is 5.56 Å². The van der Waals surface area contributed by atoms with Crippen molar-refractivity contribution < 1.29 is 9.53 Å². The van der Waals surface area contributed by atoms with Gasteiger partial charge in [0.2, 0.25) is 0 Å². The van der Waals surface area contributed by atoms with Crippen molar-refractivity contribution >= 4 is 16.9 Å². The van der Waals surface area contributed by atoms with Crippen molar-refractivity contribution in [1.29, 1.82) is 0 Å². The zero-order valence-corrected chi connectivity index (χ0v) is 10.7. The molecule has 3 heteroatoms. The lowest BCUT2D eigenvalue weighted by Gasteiger charge is -2.02. The van der Waals surface area contributed by atoms with Crippen molar-refractivity contribution in [2.45, 2.75) is 20.8 Å². The first-order chi connectivity index (χ1) is 8.20. The highest BCUT2D eigenvalue weighted by molar-refractivity contribution is 5.94. The lowest BCUT2D eigenvalue weighted by atomic mass is 10.1. The van der Waals surface area contributed by atoms with Crippen molar-refractivity contribution in [2.75, 3.05) is 7.11 Å². The smallest absolute Gasteiger partial charge is 0.337 e. The molecule has 0 fully saturated rings. The molecule has 0 saturated heterocycles. The Morgan fingerprint density at radius 2 is 1.94 bits per heavy atom. The fraction of sp³-hybridized carbons (Fsp3) is 0.286. The highest BCUT2D eigenvalue weighted by atomic mass is 16.5. The van der Waals surface area contributed by atoms with Gasteiger partial charge in [0, 0.05) is 11.6 Å². The second-order valence-corrected chi connectivity index (χ2v) is 3.41. The second kappa shape index (κ2) is 5.99. The lowest BCUT2D eigenvalue weighted by Crippen LogP contribution is -2.00. The van der Waals surface area contributed by atoms with Gasteiger partial charge in [0.05, 0.1) is 18.2 Å². The first-order valence-corrected chi connectivity index (χ1v) is 5.65. The van der Waals surface area contributed by atoms with Gasteiger partial charge in [-0.3, -0.25) is 4.98 Å². The zero-order chi connectivity index (χ0) is 12.8. The Hall–Kier alpha value is -1.90. The average molecular weight is 231 g/mol. The van der Waals surface area contributed by atoms with E-state index in [4.69, 9.17) is 0 Å². The minimum absolute atomic E-state index is 0.321. The van der Waals surface area contributed by atoms with Gasteiger partial charge in [-0.15, -0.1) is 0 Å². The maximum absolute atomic E-state index is 11.3. The van der Waals surface area contributed by atoms with E-state index in [1.807, 2.05) is 32.9 Å². The van der Waals surface area contributed by atoms with E-state index in [1.54, 1.807) is 18.3 Å². The first kappa shape index (κ1) is 13.2. The van der Waals surface area contributed by atoms with Crippen molar-refractivity contribution in [1.82, 2.24) is 4.98 Å². The monoisotopic (exact) mass is 231 g/mol. The number of hydrogen-bond donors (Lipinski definition) is 0. The molecule has 1 aromatic carbocycles. The molecule has 1 aromatic heterocycles. The number of aryl methyl sites for hydroxylation is 1. The summed E-state index contributed by atoms with van der Waals surface area (Å²) in [5.74, 6) is -0.321. The quantitative estimate of drug-likeness (QED) is 0.706. The number of carbonyl (C=O) groups excluding carboxylic acids is 1.